The first-order chi connectivity index (χ1) is 11.3. The third-order valence-electron chi connectivity index (χ3n) is 3.67. The van der Waals surface area contributed by atoms with Crippen LogP contribution in [0.3, 0.4) is 0 Å². The van der Waals surface area contributed by atoms with Crippen LogP contribution < -0.4 is 0 Å². The fourth-order valence-corrected chi connectivity index (χ4v) is 2.74. The highest BCUT2D eigenvalue weighted by Crippen LogP contribution is 2.26. The maximum atomic E-state index is 5.65. The molecule has 0 amide bonds. The van der Waals surface area contributed by atoms with Crippen LogP contribution in [0.4, 0.5) is 0 Å². The first-order valence-electron chi connectivity index (χ1n) is 7.36. The predicted octanol–water partition coefficient (Wildman–Crippen LogP) is 2.62. The first-order valence-corrected chi connectivity index (χ1v) is 7.77. The molecule has 0 aliphatic carbocycles. The Morgan fingerprint density at radius 1 is 1.35 bits per heavy atom. The number of H-pyrrole nitrogens is 1. The largest absolute Gasteiger partial charge is 0.370 e. The van der Waals surface area contributed by atoms with E-state index in [0.29, 0.717) is 16.3 Å². The van der Waals surface area contributed by atoms with Crippen molar-refractivity contribution in [2.24, 2.45) is 5.10 Å². The zero-order chi connectivity index (χ0) is 15.6. The number of fused-ring (bicyclic) bond motifs is 1. The van der Waals surface area contributed by atoms with Crippen LogP contribution in [0.5, 0.6) is 0 Å². The number of hydrogen-bond donors (Lipinski definition) is 1. The van der Waals surface area contributed by atoms with Crippen molar-refractivity contribution in [3.63, 3.8) is 0 Å². The summed E-state index contributed by atoms with van der Waals surface area (Å²) in [6.07, 6.45) is 5.18. The maximum Gasteiger partial charge on any atom is 0.216 e. The Kier molecular flexibility index (Phi) is 3.68. The zero-order valence-electron chi connectivity index (χ0n) is 12.2. The van der Waals surface area contributed by atoms with Gasteiger partial charge in [-0.05, 0) is 37.2 Å². The minimum Gasteiger partial charge on any atom is -0.370 e. The molecular formula is C15H14N6OS. The van der Waals surface area contributed by atoms with Gasteiger partial charge >= 0.3 is 0 Å². The summed E-state index contributed by atoms with van der Waals surface area (Å²) < 4.78 is 7.67. The normalized spacial score (nSPS) is 18.2. The molecule has 1 N–H and O–H groups in total. The van der Waals surface area contributed by atoms with Crippen LogP contribution in [-0.2, 0) is 4.74 Å². The number of ether oxygens (including phenoxy) is 1. The number of rotatable bonds is 3. The van der Waals surface area contributed by atoms with Crippen molar-refractivity contribution >= 4 is 29.5 Å². The zero-order valence-corrected chi connectivity index (χ0v) is 13.0. The number of benzene rings is 1. The lowest BCUT2D eigenvalue weighted by molar-refractivity contribution is 0.102. The number of nitrogens with one attached hydrogen (secondary N) is 1. The highest BCUT2D eigenvalue weighted by molar-refractivity contribution is 7.71. The van der Waals surface area contributed by atoms with Crippen molar-refractivity contribution < 1.29 is 4.74 Å². The van der Waals surface area contributed by atoms with Gasteiger partial charge < -0.3 is 4.74 Å². The van der Waals surface area contributed by atoms with Gasteiger partial charge in [0.15, 0.2) is 5.82 Å². The molecule has 1 aliphatic heterocycles. The molecule has 7 nitrogen and oxygen atoms in total. The summed E-state index contributed by atoms with van der Waals surface area (Å²) in [7, 11) is 0. The van der Waals surface area contributed by atoms with Crippen LogP contribution in [0.15, 0.2) is 35.6 Å². The molecule has 0 spiro atoms. The Morgan fingerprint density at radius 3 is 3.04 bits per heavy atom. The van der Waals surface area contributed by atoms with Crippen LogP contribution in [-0.4, -0.2) is 37.7 Å². The van der Waals surface area contributed by atoms with E-state index in [-0.39, 0.29) is 6.10 Å². The number of nitrogens with zero attached hydrogens (tertiary/aromatic N) is 5. The van der Waals surface area contributed by atoms with Gasteiger partial charge in [-0.15, -0.1) is 0 Å². The summed E-state index contributed by atoms with van der Waals surface area (Å²) >= 11 is 5.24. The number of aromatic amines is 1. The van der Waals surface area contributed by atoms with Crippen LogP contribution in [0, 0.1) is 4.77 Å². The average molecular weight is 326 g/mol. The van der Waals surface area contributed by atoms with Gasteiger partial charge in [-0.1, -0.05) is 12.1 Å². The van der Waals surface area contributed by atoms with Crippen molar-refractivity contribution in [1.29, 1.82) is 0 Å². The molecule has 1 saturated heterocycles. The van der Waals surface area contributed by atoms with Crippen molar-refractivity contribution in [3.8, 4) is 0 Å². The van der Waals surface area contributed by atoms with Crippen LogP contribution >= 0.6 is 12.2 Å². The second-order valence-electron chi connectivity index (χ2n) is 5.23. The molecule has 0 bridgehead atoms. The summed E-state index contributed by atoms with van der Waals surface area (Å²) in [6.45, 7) is 0.740. The molecule has 8 heteroatoms. The summed E-state index contributed by atoms with van der Waals surface area (Å²) in [5, 5.41) is 11.4. The van der Waals surface area contributed by atoms with Gasteiger partial charge in [-0.2, -0.15) is 14.9 Å². The highest BCUT2D eigenvalue weighted by atomic mass is 32.1. The first kappa shape index (κ1) is 14.2. The topological polar surface area (TPSA) is 81.0 Å². The Hall–Kier alpha value is -2.45. The van der Waals surface area contributed by atoms with Crippen molar-refractivity contribution in [1.82, 2.24) is 24.8 Å². The molecule has 0 saturated carbocycles. The molecule has 1 atom stereocenters. The summed E-state index contributed by atoms with van der Waals surface area (Å²) in [5.74, 6) is 0.692. The van der Waals surface area contributed by atoms with Gasteiger partial charge in [-0.3, -0.25) is 10.1 Å². The maximum absolute atomic E-state index is 5.65. The molecule has 1 aromatic carbocycles. The summed E-state index contributed by atoms with van der Waals surface area (Å²) in [4.78, 5) is 8.88. The lowest BCUT2D eigenvalue weighted by Gasteiger charge is -2.07. The molecule has 1 fully saturated rings. The van der Waals surface area contributed by atoms with E-state index < -0.39 is 0 Å². The number of para-hydroxylation sites is 2. The van der Waals surface area contributed by atoms with E-state index in [4.69, 9.17) is 17.0 Å². The molecule has 0 radical (unpaired) electrons. The molecule has 4 rings (SSSR count). The van der Waals surface area contributed by atoms with E-state index in [1.165, 1.54) is 0 Å². The van der Waals surface area contributed by atoms with Crippen molar-refractivity contribution in [2.75, 3.05) is 6.61 Å². The summed E-state index contributed by atoms with van der Waals surface area (Å²) in [5.41, 5.74) is 2.33. The molecule has 2 aromatic heterocycles. The molecular weight excluding hydrogens is 312 g/mol. The van der Waals surface area contributed by atoms with E-state index in [9.17, 15) is 0 Å². The summed E-state index contributed by atoms with van der Waals surface area (Å²) in [6, 6.07) is 7.70. The van der Waals surface area contributed by atoms with Crippen molar-refractivity contribution in [3.05, 3.63) is 46.8 Å². The van der Waals surface area contributed by atoms with Gasteiger partial charge in [0.1, 0.15) is 11.8 Å². The third-order valence-corrected chi connectivity index (χ3v) is 3.93. The molecule has 23 heavy (non-hydrogen) atoms. The van der Waals surface area contributed by atoms with Crippen LogP contribution in [0.1, 0.15) is 30.5 Å². The molecule has 1 aliphatic rings. The monoisotopic (exact) mass is 326 g/mol. The Bertz CT molecular complexity index is 925. The fourth-order valence-electron chi connectivity index (χ4n) is 2.56. The average Bonchev–Trinajstić information content (AvgIpc) is 3.22. The smallest absolute Gasteiger partial charge is 0.216 e. The lowest BCUT2D eigenvalue weighted by atomic mass is 10.2. The molecule has 116 valence electrons. The molecule has 3 heterocycles. The molecule has 3 aromatic rings. The quantitative estimate of drug-likeness (QED) is 0.591. The van der Waals surface area contributed by atoms with Crippen molar-refractivity contribution in [2.45, 2.75) is 18.9 Å². The van der Waals surface area contributed by atoms with Gasteiger partial charge in [0.2, 0.25) is 4.77 Å². The standard InChI is InChI=1S/C15H14N6OS/c23-15-20-19-14(13-6-3-7-22-13)21(15)17-9-10-8-16-11-4-1-2-5-12(11)18-10/h1-2,4-5,8-9,13H,3,6-7H2,(H,20,23)/b17-9-/t13-/m1/s1. The second-order valence-corrected chi connectivity index (χ2v) is 5.62. The van der Waals surface area contributed by atoms with E-state index in [1.54, 1.807) is 17.1 Å². The van der Waals surface area contributed by atoms with Crippen LogP contribution in [0.25, 0.3) is 11.0 Å². The predicted molar refractivity (Wildman–Crippen MR) is 87.9 cm³/mol. The van der Waals surface area contributed by atoms with Crippen LogP contribution in [0.2, 0.25) is 0 Å². The Balaban J connectivity index is 1.67. The second kappa shape index (κ2) is 5.98. The molecule has 0 unspecified atom stereocenters. The Morgan fingerprint density at radius 2 is 2.22 bits per heavy atom. The van der Waals surface area contributed by atoms with E-state index in [0.717, 1.165) is 30.5 Å². The number of aromatic nitrogens is 5. The van der Waals surface area contributed by atoms with Gasteiger partial charge in [0.25, 0.3) is 0 Å². The van der Waals surface area contributed by atoms with Gasteiger partial charge in [0.05, 0.1) is 23.4 Å². The highest BCUT2D eigenvalue weighted by Gasteiger charge is 2.23. The van der Waals surface area contributed by atoms with E-state index in [2.05, 4.69) is 25.3 Å². The lowest BCUT2D eigenvalue weighted by Crippen LogP contribution is -2.05. The minimum absolute atomic E-state index is 0.0669. The Labute approximate surface area is 137 Å². The van der Waals surface area contributed by atoms with Gasteiger partial charge in [0, 0.05) is 6.61 Å². The van der Waals surface area contributed by atoms with Gasteiger partial charge in [-0.25, -0.2) is 4.98 Å². The SMILES string of the molecule is S=c1[nH]nc([C@H]2CCCO2)n1/N=C\c1cnc2ccccc2n1. The minimum atomic E-state index is -0.0669. The number of hydrogen-bond acceptors (Lipinski definition) is 6. The van der Waals surface area contributed by atoms with E-state index >= 15 is 0 Å². The van der Waals surface area contributed by atoms with E-state index in [1.807, 2.05) is 24.3 Å². The third kappa shape index (κ3) is 2.78. The fraction of sp³-hybridized carbons (Fsp3) is 0.267.